The maximum absolute atomic E-state index is 14.2. The van der Waals surface area contributed by atoms with E-state index < -0.39 is 45.4 Å². The van der Waals surface area contributed by atoms with Gasteiger partial charge < -0.3 is 10.2 Å². The molecule has 0 radical (unpaired) electrons. The van der Waals surface area contributed by atoms with Gasteiger partial charge in [-0.2, -0.15) is 13.2 Å². The molecule has 0 spiro atoms. The van der Waals surface area contributed by atoms with Crippen LogP contribution in [0.4, 0.5) is 23.2 Å². The van der Waals surface area contributed by atoms with Crippen LogP contribution >= 0.6 is 0 Å². The van der Waals surface area contributed by atoms with Gasteiger partial charge in [-0.1, -0.05) is 24.3 Å². The third-order valence-electron chi connectivity index (χ3n) is 5.43. The number of amides is 2. The molecule has 2 aromatic rings. The van der Waals surface area contributed by atoms with Crippen molar-refractivity contribution in [1.82, 2.24) is 10.2 Å². The first-order chi connectivity index (χ1) is 16.8. The van der Waals surface area contributed by atoms with E-state index in [1.54, 1.807) is 13.0 Å². The zero-order valence-electron chi connectivity index (χ0n) is 20.2. The fraction of sp³-hybridized carbons (Fsp3) is 0.417. The third-order valence-corrected chi connectivity index (χ3v) is 6.62. The van der Waals surface area contributed by atoms with Crippen molar-refractivity contribution in [3.63, 3.8) is 0 Å². The number of benzene rings is 2. The van der Waals surface area contributed by atoms with E-state index in [9.17, 15) is 35.6 Å². The average Bonchev–Trinajstić information content (AvgIpc) is 2.79. The Morgan fingerprint density at radius 2 is 1.75 bits per heavy atom. The molecule has 0 heterocycles. The fourth-order valence-electron chi connectivity index (χ4n) is 3.56. The van der Waals surface area contributed by atoms with Crippen molar-refractivity contribution in [2.75, 3.05) is 23.7 Å². The summed E-state index contributed by atoms with van der Waals surface area (Å²) in [5.74, 6) is -1.52. The quantitative estimate of drug-likeness (QED) is 0.445. The largest absolute Gasteiger partial charge is 0.416 e. The lowest BCUT2D eigenvalue weighted by Crippen LogP contribution is -2.47. The number of sulfonamides is 1. The van der Waals surface area contributed by atoms with Gasteiger partial charge in [-0.25, -0.2) is 12.8 Å². The highest BCUT2D eigenvalue weighted by Crippen LogP contribution is 2.32. The van der Waals surface area contributed by atoms with Gasteiger partial charge in [0.1, 0.15) is 11.9 Å². The van der Waals surface area contributed by atoms with Gasteiger partial charge in [0.25, 0.3) is 0 Å². The van der Waals surface area contributed by atoms with E-state index in [1.165, 1.54) is 36.1 Å². The number of anilines is 1. The van der Waals surface area contributed by atoms with Crippen LogP contribution < -0.4 is 9.62 Å². The van der Waals surface area contributed by atoms with Crippen molar-refractivity contribution in [3.8, 4) is 0 Å². The minimum absolute atomic E-state index is 0.0436. The molecule has 0 saturated carbocycles. The van der Waals surface area contributed by atoms with Crippen LogP contribution in [0.25, 0.3) is 0 Å². The molecule has 2 rings (SSSR count). The molecule has 2 amide bonds. The number of likely N-dealkylation sites (N-methyl/N-ethyl adjacent to an activating group) is 1. The van der Waals surface area contributed by atoms with Crippen LogP contribution in [0.3, 0.4) is 0 Å². The Balaban J connectivity index is 2.21. The van der Waals surface area contributed by atoms with Gasteiger partial charge in [0, 0.05) is 31.6 Å². The molecular formula is C24H29F4N3O4S. The van der Waals surface area contributed by atoms with Crippen LogP contribution in [0.5, 0.6) is 0 Å². The third kappa shape index (κ3) is 7.94. The highest BCUT2D eigenvalue weighted by Gasteiger charge is 2.32. The summed E-state index contributed by atoms with van der Waals surface area (Å²) in [6, 6.07) is 8.76. The number of hydrogen-bond donors (Lipinski definition) is 1. The maximum Gasteiger partial charge on any atom is 0.416 e. The van der Waals surface area contributed by atoms with Crippen molar-refractivity contribution in [3.05, 3.63) is 65.5 Å². The number of nitrogens with zero attached hydrogens (tertiary/aromatic N) is 2. The Morgan fingerprint density at radius 3 is 2.33 bits per heavy atom. The molecule has 0 aliphatic heterocycles. The lowest BCUT2D eigenvalue weighted by molar-refractivity contribution is -0.140. The number of nitrogens with one attached hydrogen (secondary N) is 1. The highest BCUT2D eigenvalue weighted by molar-refractivity contribution is 7.92. The molecule has 0 saturated heterocycles. The van der Waals surface area contributed by atoms with E-state index in [0.29, 0.717) is 6.54 Å². The van der Waals surface area contributed by atoms with E-state index in [0.717, 1.165) is 28.8 Å². The first kappa shape index (κ1) is 29.1. The van der Waals surface area contributed by atoms with Gasteiger partial charge >= 0.3 is 6.18 Å². The maximum atomic E-state index is 14.2. The van der Waals surface area contributed by atoms with E-state index in [2.05, 4.69) is 5.32 Å². The second-order valence-electron chi connectivity index (χ2n) is 8.17. The highest BCUT2D eigenvalue weighted by atomic mass is 32.2. The SMILES string of the molecule is CCNC(=O)[C@@H](C)N(Cc1ccccc1F)C(=O)CCCN(c1cccc(C(F)(F)F)c1)S(C)(=O)=O. The van der Waals surface area contributed by atoms with Crippen molar-refractivity contribution in [1.29, 1.82) is 0 Å². The molecule has 2 aromatic carbocycles. The van der Waals surface area contributed by atoms with Crippen LogP contribution in [-0.2, 0) is 32.3 Å². The number of carbonyl (C=O) groups is 2. The molecule has 1 atom stereocenters. The van der Waals surface area contributed by atoms with Gasteiger partial charge in [-0.05, 0) is 44.5 Å². The Bertz CT molecular complexity index is 1170. The standard InChI is InChI=1S/C24H29F4N3O4S/c1-4-29-23(33)17(2)30(16-18-9-5-6-12-21(18)25)22(32)13-8-14-31(36(3,34)35)20-11-7-10-19(15-20)24(26,27)28/h5-7,9-12,15,17H,4,8,13-14,16H2,1-3H3,(H,29,33)/t17-/m1/s1. The summed E-state index contributed by atoms with van der Waals surface area (Å²) in [5.41, 5.74) is -0.987. The molecule has 7 nitrogen and oxygen atoms in total. The molecule has 12 heteroatoms. The smallest absolute Gasteiger partial charge is 0.355 e. The van der Waals surface area contributed by atoms with Crippen molar-refractivity contribution in [2.24, 2.45) is 0 Å². The monoisotopic (exact) mass is 531 g/mol. The zero-order chi connectivity index (χ0) is 27.1. The van der Waals surface area contributed by atoms with Gasteiger partial charge in [-0.15, -0.1) is 0 Å². The second-order valence-corrected chi connectivity index (χ2v) is 10.1. The number of rotatable bonds is 11. The van der Waals surface area contributed by atoms with E-state index in [1.807, 2.05) is 0 Å². The van der Waals surface area contributed by atoms with Gasteiger partial charge in [0.05, 0.1) is 17.5 Å². The summed E-state index contributed by atoms with van der Waals surface area (Å²) in [5, 5.41) is 2.61. The molecule has 0 unspecified atom stereocenters. The van der Waals surface area contributed by atoms with Crippen LogP contribution in [0.15, 0.2) is 48.5 Å². The summed E-state index contributed by atoms with van der Waals surface area (Å²) < 4.78 is 78.9. The Hall–Kier alpha value is -3.15. The molecule has 1 N–H and O–H groups in total. The molecular weight excluding hydrogens is 502 g/mol. The predicted molar refractivity (Wildman–Crippen MR) is 128 cm³/mol. The van der Waals surface area contributed by atoms with Gasteiger partial charge in [0.2, 0.25) is 21.8 Å². The average molecular weight is 532 g/mol. The van der Waals surface area contributed by atoms with E-state index in [-0.39, 0.29) is 37.2 Å². The Kier molecular flexibility index (Phi) is 9.85. The number of halogens is 4. The minimum Gasteiger partial charge on any atom is -0.355 e. The molecule has 0 aromatic heterocycles. The van der Waals surface area contributed by atoms with Gasteiger partial charge in [0.15, 0.2) is 0 Å². The summed E-state index contributed by atoms with van der Waals surface area (Å²) in [6.07, 6.45) is -4.06. The summed E-state index contributed by atoms with van der Waals surface area (Å²) in [6.45, 7) is 3.07. The van der Waals surface area contributed by atoms with Crippen LogP contribution in [0, 0.1) is 5.82 Å². The Labute approximate surface area is 208 Å². The first-order valence-electron chi connectivity index (χ1n) is 11.2. The molecule has 36 heavy (non-hydrogen) atoms. The lowest BCUT2D eigenvalue weighted by atomic mass is 10.1. The van der Waals surface area contributed by atoms with Crippen LogP contribution in [0.2, 0.25) is 0 Å². The van der Waals surface area contributed by atoms with E-state index >= 15 is 0 Å². The van der Waals surface area contributed by atoms with E-state index in [4.69, 9.17) is 0 Å². The predicted octanol–water partition coefficient (Wildman–Crippen LogP) is 3.94. The van der Waals surface area contributed by atoms with Crippen molar-refractivity contribution >= 4 is 27.5 Å². The van der Waals surface area contributed by atoms with Crippen LogP contribution in [-0.4, -0.2) is 50.5 Å². The van der Waals surface area contributed by atoms with Gasteiger partial charge in [-0.3, -0.25) is 13.9 Å². The summed E-state index contributed by atoms with van der Waals surface area (Å²) in [7, 11) is -3.96. The molecule has 0 bridgehead atoms. The normalized spacial score (nSPS) is 12.6. The minimum atomic E-state index is -4.66. The fourth-order valence-corrected chi connectivity index (χ4v) is 4.51. The lowest BCUT2D eigenvalue weighted by Gasteiger charge is -2.29. The second kappa shape index (κ2) is 12.2. The molecule has 198 valence electrons. The number of carbonyl (C=O) groups excluding carboxylic acids is 2. The van der Waals surface area contributed by atoms with Crippen molar-refractivity contribution in [2.45, 2.75) is 45.5 Å². The van der Waals surface area contributed by atoms with Crippen molar-refractivity contribution < 1.29 is 35.6 Å². The molecule has 0 aliphatic rings. The summed E-state index contributed by atoms with van der Waals surface area (Å²) in [4.78, 5) is 26.7. The number of alkyl halides is 3. The van der Waals surface area contributed by atoms with Crippen LogP contribution in [0.1, 0.15) is 37.8 Å². The first-order valence-corrected chi connectivity index (χ1v) is 13.1. The molecule has 0 aliphatic carbocycles. The topological polar surface area (TPSA) is 86.8 Å². The number of hydrogen-bond acceptors (Lipinski definition) is 4. The Morgan fingerprint density at radius 1 is 1.08 bits per heavy atom. The molecule has 0 fully saturated rings. The zero-order valence-corrected chi connectivity index (χ0v) is 21.0. The summed E-state index contributed by atoms with van der Waals surface area (Å²) >= 11 is 0.